The van der Waals surface area contributed by atoms with Gasteiger partial charge < -0.3 is 15.2 Å². The van der Waals surface area contributed by atoms with Gasteiger partial charge in [0.05, 0.1) is 30.7 Å². The third-order valence-electron chi connectivity index (χ3n) is 8.87. The summed E-state index contributed by atoms with van der Waals surface area (Å²) in [5.74, 6) is -5.14. The molecule has 6 rings (SSSR count). The van der Waals surface area contributed by atoms with Gasteiger partial charge in [0.1, 0.15) is 11.9 Å². The molecule has 2 N–H and O–H groups in total. The van der Waals surface area contributed by atoms with Gasteiger partial charge in [-0.1, -0.05) is 12.1 Å². The van der Waals surface area contributed by atoms with Gasteiger partial charge in [-0.3, -0.25) is 19.6 Å². The number of aliphatic carboxylic acids is 1. The number of fused-ring (bicyclic) bond motifs is 1. The van der Waals surface area contributed by atoms with Crippen LogP contribution < -0.4 is 5.32 Å². The number of nitrogens with zero attached hydrogens (tertiary/aromatic N) is 4. The van der Waals surface area contributed by atoms with Gasteiger partial charge in [-0.15, -0.1) is 11.3 Å². The molecule has 2 saturated heterocycles. The Labute approximate surface area is 245 Å². The zero-order chi connectivity index (χ0) is 29.8. The SMILES string of the molecule is CCOC(=O)C1=C(CN2CC(F)(F)C3C2CCN3C2CC(C(=O)O)C2)NC(c2nccs2)=N[C@H]1c1cccc(F)c1C. The van der Waals surface area contributed by atoms with Crippen molar-refractivity contribution < 1.29 is 32.6 Å². The summed E-state index contributed by atoms with van der Waals surface area (Å²) in [6, 6.07) is 1.94. The fourth-order valence-electron chi connectivity index (χ4n) is 6.80. The van der Waals surface area contributed by atoms with Crippen molar-refractivity contribution in [1.82, 2.24) is 20.1 Å². The van der Waals surface area contributed by atoms with Crippen LogP contribution in [0.4, 0.5) is 13.2 Å². The quantitative estimate of drug-likeness (QED) is 0.440. The summed E-state index contributed by atoms with van der Waals surface area (Å²) in [5, 5.41) is 14.8. The highest BCUT2D eigenvalue weighted by molar-refractivity contribution is 7.11. The summed E-state index contributed by atoms with van der Waals surface area (Å²) in [6.07, 6.45) is 2.86. The van der Waals surface area contributed by atoms with Crippen molar-refractivity contribution in [3.05, 3.63) is 63.0 Å². The zero-order valence-electron chi connectivity index (χ0n) is 23.2. The number of amidine groups is 1. The number of carbonyl (C=O) groups is 2. The fourth-order valence-corrected chi connectivity index (χ4v) is 7.39. The van der Waals surface area contributed by atoms with E-state index in [-0.39, 0.29) is 24.8 Å². The molecule has 0 radical (unpaired) electrons. The summed E-state index contributed by atoms with van der Waals surface area (Å²) < 4.78 is 51.4. The highest BCUT2D eigenvalue weighted by Crippen LogP contribution is 2.47. The Balaban J connectivity index is 1.36. The number of aliphatic imine (C=N–C) groups is 1. The molecule has 1 saturated carbocycles. The second-order valence-electron chi connectivity index (χ2n) is 11.3. The van der Waals surface area contributed by atoms with Gasteiger partial charge in [-0.25, -0.2) is 22.9 Å². The first-order valence-electron chi connectivity index (χ1n) is 14.1. The molecule has 9 nitrogen and oxygen atoms in total. The molecule has 224 valence electrons. The lowest BCUT2D eigenvalue weighted by Crippen LogP contribution is -2.54. The van der Waals surface area contributed by atoms with Gasteiger partial charge in [0, 0.05) is 42.4 Å². The van der Waals surface area contributed by atoms with Gasteiger partial charge in [0.15, 0.2) is 10.8 Å². The summed E-state index contributed by atoms with van der Waals surface area (Å²) in [4.78, 5) is 37.4. The molecule has 1 aromatic carbocycles. The van der Waals surface area contributed by atoms with Crippen LogP contribution >= 0.6 is 11.3 Å². The first-order valence-corrected chi connectivity index (χ1v) is 15.0. The molecule has 3 atom stereocenters. The third kappa shape index (κ3) is 5.01. The number of benzene rings is 1. The molecular formula is C29H32F3N5O4S. The molecule has 4 heterocycles. The zero-order valence-corrected chi connectivity index (χ0v) is 24.0. The average Bonchev–Trinajstić information content (AvgIpc) is 3.64. The Morgan fingerprint density at radius 3 is 2.76 bits per heavy atom. The summed E-state index contributed by atoms with van der Waals surface area (Å²) in [7, 11) is 0. The number of likely N-dealkylation sites (tertiary alicyclic amines) is 2. The Hall–Kier alpha value is -3.29. The number of aromatic nitrogens is 1. The number of hydrogen-bond donors (Lipinski definition) is 2. The van der Waals surface area contributed by atoms with Crippen molar-refractivity contribution in [3.8, 4) is 0 Å². The van der Waals surface area contributed by atoms with E-state index < -0.39 is 54.3 Å². The van der Waals surface area contributed by atoms with E-state index in [9.17, 15) is 19.1 Å². The number of halogens is 3. The van der Waals surface area contributed by atoms with E-state index >= 15 is 8.78 Å². The summed E-state index contributed by atoms with van der Waals surface area (Å²) in [5.41, 5.74) is 1.32. The highest BCUT2D eigenvalue weighted by Gasteiger charge is 2.61. The van der Waals surface area contributed by atoms with E-state index in [4.69, 9.17) is 9.73 Å². The lowest BCUT2D eigenvalue weighted by atomic mass is 9.79. The van der Waals surface area contributed by atoms with Gasteiger partial charge in [-0.2, -0.15) is 0 Å². The molecule has 3 aliphatic heterocycles. The van der Waals surface area contributed by atoms with Crippen molar-refractivity contribution in [1.29, 1.82) is 0 Å². The maximum absolute atomic E-state index is 15.6. The summed E-state index contributed by atoms with van der Waals surface area (Å²) in [6.45, 7) is 3.32. The molecule has 4 aliphatic rings. The maximum atomic E-state index is 15.6. The Bertz CT molecular complexity index is 1440. The standard InChI is InChI=1S/C29H32F3N5O4S/c1-3-41-28(40)22-20(34-25(26-33-8-10-42-26)35-23(22)18-5-4-6-19(30)15(18)2)13-36-14-29(31,32)24-21(36)7-9-37(24)17-11-16(12-17)27(38)39/h4-6,8,10,16-17,21,23-24H,3,7,9,11-14H2,1-2H3,(H,34,35)(H,38,39)/t16?,17?,21?,23-,24?/m0/s1. The van der Waals surface area contributed by atoms with E-state index in [0.29, 0.717) is 53.5 Å². The van der Waals surface area contributed by atoms with Gasteiger partial charge in [-0.05, 0) is 50.3 Å². The molecule has 42 heavy (non-hydrogen) atoms. The van der Waals surface area contributed by atoms with Crippen LogP contribution in [-0.2, 0) is 14.3 Å². The number of thiazole rings is 1. The van der Waals surface area contributed by atoms with Crippen LogP contribution in [0, 0.1) is 18.7 Å². The maximum Gasteiger partial charge on any atom is 0.338 e. The lowest BCUT2D eigenvalue weighted by molar-refractivity contribution is -0.148. The monoisotopic (exact) mass is 603 g/mol. The Morgan fingerprint density at radius 2 is 2.07 bits per heavy atom. The number of esters is 1. The molecular weight excluding hydrogens is 571 g/mol. The molecule has 0 amide bonds. The van der Waals surface area contributed by atoms with Crippen LogP contribution in [0.25, 0.3) is 0 Å². The molecule has 2 aromatic rings. The van der Waals surface area contributed by atoms with E-state index in [2.05, 4.69) is 10.3 Å². The van der Waals surface area contributed by atoms with Crippen molar-refractivity contribution >= 4 is 29.1 Å². The van der Waals surface area contributed by atoms with E-state index in [1.54, 1.807) is 47.4 Å². The number of carboxylic acid groups (broad SMARTS) is 1. The Morgan fingerprint density at radius 1 is 1.29 bits per heavy atom. The second-order valence-corrected chi connectivity index (χ2v) is 12.2. The van der Waals surface area contributed by atoms with E-state index in [1.165, 1.54) is 17.4 Å². The van der Waals surface area contributed by atoms with Crippen LogP contribution in [0.2, 0.25) is 0 Å². The number of hydrogen-bond acceptors (Lipinski definition) is 9. The van der Waals surface area contributed by atoms with Gasteiger partial charge in [0.25, 0.3) is 5.92 Å². The van der Waals surface area contributed by atoms with Crippen LogP contribution in [0.3, 0.4) is 0 Å². The van der Waals surface area contributed by atoms with Crippen LogP contribution in [-0.4, -0.2) is 88.0 Å². The van der Waals surface area contributed by atoms with Crippen molar-refractivity contribution in [2.75, 3.05) is 26.2 Å². The number of alkyl halides is 2. The first-order chi connectivity index (χ1) is 20.1. The average molecular weight is 604 g/mol. The number of ether oxygens (including phenoxy) is 1. The molecule has 0 spiro atoms. The highest BCUT2D eigenvalue weighted by atomic mass is 32.1. The van der Waals surface area contributed by atoms with Crippen molar-refractivity contribution in [3.63, 3.8) is 0 Å². The topological polar surface area (TPSA) is 107 Å². The number of carbonyl (C=O) groups excluding carboxylic acids is 1. The normalized spacial score (nSPS) is 29.1. The largest absolute Gasteiger partial charge is 0.481 e. The second kappa shape index (κ2) is 11.1. The van der Waals surface area contributed by atoms with Crippen LogP contribution in [0.1, 0.15) is 48.4 Å². The molecule has 3 fully saturated rings. The number of carboxylic acids is 1. The van der Waals surface area contributed by atoms with Crippen molar-refractivity contribution in [2.24, 2.45) is 10.9 Å². The van der Waals surface area contributed by atoms with Crippen molar-refractivity contribution in [2.45, 2.75) is 63.2 Å². The van der Waals surface area contributed by atoms with Crippen LogP contribution in [0.15, 0.2) is 46.0 Å². The minimum Gasteiger partial charge on any atom is -0.481 e. The number of nitrogens with one attached hydrogen (secondary N) is 1. The smallest absolute Gasteiger partial charge is 0.338 e. The Kier molecular flexibility index (Phi) is 7.60. The van der Waals surface area contributed by atoms with Gasteiger partial charge in [0.2, 0.25) is 0 Å². The summed E-state index contributed by atoms with van der Waals surface area (Å²) >= 11 is 1.33. The molecule has 13 heteroatoms. The van der Waals surface area contributed by atoms with Gasteiger partial charge >= 0.3 is 11.9 Å². The van der Waals surface area contributed by atoms with Crippen LogP contribution in [0.5, 0.6) is 0 Å². The lowest BCUT2D eigenvalue weighted by Gasteiger charge is -2.43. The molecule has 1 aliphatic carbocycles. The third-order valence-corrected chi connectivity index (χ3v) is 9.65. The predicted molar refractivity (Wildman–Crippen MR) is 149 cm³/mol. The van der Waals surface area contributed by atoms with E-state index in [1.807, 2.05) is 0 Å². The molecule has 0 bridgehead atoms. The first kappa shape index (κ1) is 28.8. The fraction of sp³-hybridized carbons (Fsp3) is 0.517. The molecule has 2 unspecified atom stereocenters. The number of rotatable bonds is 8. The minimum absolute atomic E-state index is 0.00355. The minimum atomic E-state index is -3.03. The predicted octanol–water partition coefficient (Wildman–Crippen LogP) is 3.76. The molecule has 1 aromatic heterocycles. The van der Waals surface area contributed by atoms with E-state index in [0.717, 1.165) is 0 Å².